The van der Waals surface area contributed by atoms with Crippen molar-refractivity contribution in [2.75, 3.05) is 39.2 Å². The van der Waals surface area contributed by atoms with Crippen LogP contribution in [0, 0.1) is 17.0 Å². The Hall–Kier alpha value is -5.27. The van der Waals surface area contributed by atoms with Gasteiger partial charge in [0, 0.05) is 48.8 Å². The zero-order valence-electron chi connectivity index (χ0n) is 28.4. The first-order chi connectivity index (χ1) is 23.3. The number of nitrogens with zero attached hydrogens (tertiary/aromatic N) is 4. The molecule has 2 N–H and O–H groups in total. The van der Waals surface area contributed by atoms with Crippen molar-refractivity contribution in [3.63, 3.8) is 0 Å². The maximum Gasteiger partial charge on any atom is 0.410 e. The van der Waals surface area contributed by atoms with Gasteiger partial charge in [0.2, 0.25) is 5.82 Å². The van der Waals surface area contributed by atoms with Gasteiger partial charge in [0.25, 0.3) is 5.91 Å². The molecule has 0 aliphatic carbocycles. The topological polar surface area (TPSA) is 136 Å². The van der Waals surface area contributed by atoms with Gasteiger partial charge in [-0.1, -0.05) is 6.92 Å². The predicted octanol–water partition coefficient (Wildman–Crippen LogP) is 5.91. The van der Waals surface area contributed by atoms with Crippen molar-refractivity contribution in [2.45, 2.75) is 52.6 Å². The molecule has 49 heavy (non-hydrogen) atoms. The number of aromatic nitrogens is 3. The van der Waals surface area contributed by atoms with Crippen LogP contribution in [0.2, 0.25) is 0 Å². The van der Waals surface area contributed by atoms with Gasteiger partial charge in [0.15, 0.2) is 23.0 Å². The molecule has 2 aromatic carbocycles. The summed E-state index contributed by atoms with van der Waals surface area (Å²) < 4.78 is 46.4. The van der Waals surface area contributed by atoms with Gasteiger partial charge >= 0.3 is 12.1 Å². The number of carbonyl (C=O) groups is 3. The summed E-state index contributed by atoms with van der Waals surface area (Å²) in [6.45, 7) is 7.90. The predicted molar refractivity (Wildman–Crippen MR) is 178 cm³/mol. The molecule has 0 atom stereocenters. The van der Waals surface area contributed by atoms with Crippen molar-refractivity contribution in [3.8, 4) is 17.0 Å². The van der Waals surface area contributed by atoms with Crippen LogP contribution in [0.4, 0.5) is 25.1 Å². The first kappa shape index (κ1) is 35.0. The maximum absolute atomic E-state index is 14.9. The number of esters is 1. The minimum absolute atomic E-state index is 0.00848. The van der Waals surface area contributed by atoms with Gasteiger partial charge < -0.3 is 29.7 Å². The highest BCUT2D eigenvalue weighted by Gasteiger charge is 2.44. The number of benzene rings is 2. The number of hydrogen-bond acceptors (Lipinski definition) is 9. The normalized spacial score (nSPS) is 14.3. The van der Waals surface area contributed by atoms with Crippen LogP contribution < -0.4 is 15.4 Å². The molecular weight excluding hydrogens is 638 g/mol. The monoisotopic (exact) mass is 678 g/mol. The SMILES string of the molecule is CCc1cc(Nc2nccn3c(-c4ccc(OC)c(F)c4F)cnc23)ccc1C(=O)NCC1(C(=O)OC)CCN(C(=O)OC(C)(C)C)CC1. The van der Waals surface area contributed by atoms with E-state index in [1.807, 2.05) is 13.0 Å². The molecule has 0 saturated carbocycles. The molecule has 12 nitrogen and oxygen atoms in total. The summed E-state index contributed by atoms with van der Waals surface area (Å²) in [5.74, 6) is -2.80. The number of ether oxygens (including phenoxy) is 3. The maximum atomic E-state index is 14.9. The summed E-state index contributed by atoms with van der Waals surface area (Å²) in [6, 6.07) is 7.99. The van der Waals surface area contributed by atoms with Gasteiger partial charge in [-0.2, -0.15) is 4.39 Å². The molecule has 3 heterocycles. The van der Waals surface area contributed by atoms with E-state index < -0.39 is 34.7 Å². The molecule has 1 aliphatic rings. The third kappa shape index (κ3) is 7.27. The van der Waals surface area contributed by atoms with Gasteiger partial charge in [-0.25, -0.2) is 19.2 Å². The number of nitrogens with one attached hydrogen (secondary N) is 2. The van der Waals surface area contributed by atoms with Gasteiger partial charge in [-0.15, -0.1) is 0 Å². The Kier molecular flexibility index (Phi) is 10.1. The molecule has 1 saturated heterocycles. The third-order valence-electron chi connectivity index (χ3n) is 8.54. The quantitative estimate of drug-likeness (QED) is 0.207. The Labute approximate surface area is 282 Å². The minimum Gasteiger partial charge on any atom is -0.494 e. The lowest BCUT2D eigenvalue weighted by atomic mass is 9.78. The Balaban J connectivity index is 1.31. The molecule has 0 bridgehead atoms. The van der Waals surface area contributed by atoms with E-state index in [2.05, 4.69) is 20.6 Å². The van der Waals surface area contributed by atoms with Gasteiger partial charge in [0.05, 0.1) is 31.5 Å². The molecule has 1 fully saturated rings. The standard InChI is InChI=1S/C35H40F2N6O6/c1-7-21-18-22(41-29-30-39-19-25(43(30)17-14-38-29)24-10-11-26(47-5)28(37)27(24)36)8-9-23(21)31(44)40-20-35(32(45)48-6)12-15-42(16-13-35)33(46)49-34(2,3)4/h8-11,14,17-19H,7,12-13,15-16,20H2,1-6H3,(H,38,41)(H,40,44). The van der Waals surface area contributed by atoms with Crippen LogP contribution in [-0.2, 0) is 20.7 Å². The molecule has 5 rings (SSSR count). The van der Waals surface area contributed by atoms with Crippen LogP contribution >= 0.6 is 0 Å². The summed E-state index contributed by atoms with van der Waals surface area (Å²) in [7, 11) is 2.57. The molecular formula is C35H40F2N6O6. The average Bonchev–Trinajstić information content (AvgIpc) is 3.52. The number of methoxy groups -OCH3 is 2. The molecule has 2 aromatic heterocycles. The van der Waals surface area contributed by atoms with E-state index in [0.29, 0.717) is 47.7 Å². The van der Waals surface area contributed by atoms with E-state index >= 15 is 0 Å². The molecule has 0 spiro atoms. The molecule has 4 aromatic rings. The van der Waals surface area contributed by atoms with Crippen molar-refractivity contribution >= 4 is 35.1 Å². The van der Waals surface area contributed by atoms with Crippen LogP contribution in [-0.4, -0.2) is 76.7 Å². The molecule has 0 unspecified atom stereocenters. The number of anilines is 2. The summed E-state index contributed by atoms with van der Waals surface area (Å²) in [6.07, 6.45) is 5.22. The molecule has 260 valence electrons. The number of aryl methyl sites for hydroxylation is 1. The Morgan fingerprint density at radius 1 is 1.02 bits per heavy atom. The molecule has 0 radical (unpaired) electrons. The number of hydrogen-bond donors (Lipinski definition) is 2. The van der Waals surface area contributed by atoms with Gasteiger partial charge in [0.1, 0.15) is 5.60 Å². The van der Waals surface area contributed by atoms with Gasteiger partial charge in [-0.3, -0.25) is 14.0 Å². The molecule has 14 heteroatoms. The number of piperidine rings is 1. The summed E-state index contributed by atoms with van der Waals surface area (Å²) in [5, 5.41) is 6.14. The van der Waals surface area contributed by atoms with Crippen molar-refractivity contribution in [1.82, 2.24) is 24.6 Å². The van der Waals surface area contributed by atoms with Gasteiger partial charge in [-0.05, 0) is 75.9 Å². The van der Waals surface area contributed by atoms with Crippen LogP contribution in [0.25, 0.3) is 16.9 Å². The Bertz CT molecular complexity index is 1880. The van der Waals surface area contributed by atoms with E-state index in [9.17, 15) is 23.2 Å². The number of likely N-dealkylation sites (tertiary alicyclic amines) is 1. The second kappa shape index (κ2) is 14.1. The second-order valence-corrected chi connectivity index (χ2v) is 12.8. The van der Waals surface area contributed by atoms with E-state index in [1.54, 1.807) is 48.4 Å². The first-order valence-electron chi connectivity index (χ1n) is 15.9. The second-order valence-electron chi connectivity index (χ2n) is 12.8. The smallest absolute Gasteiger partial charge is 0.410 e. The highest BCUT2D eigenvalue weighted by molar-refractivity contribution is 5.96. The third-order valence-corrected chi connectivity index (χ3v) is 8.54. The number of imidazole rings is 1. The Morgan fingerprint density at radius 3 is 2.41 bits per heavy atom. The lowest BCUT2D eigenvalue weighted by Gasteiger charge is -2.40. The van der Waals surface area contributed by atoms with Crippen LogP contribution in [0.15, 0.2) is 48.9 Å². The van der Waals surface area contributed by atoms with E-state index in [-0.39, 0.29) is 36.9 Å². The highest BCUT2D eigenvalue weighted by atomic mass is 19.2. The van der Waals surface area contributed by atoms with Crippen LogP contribution in [0.5, 0.6) is 5.75 Å². The van der Waals surface area contributed by atoms with Crippen LogP contribution in [0.1, 0.15) is 56.5 Å². The van der Waals surface area contributed by atoms with E-state index in [0.717, 1.165) is 5.56 Å². The highest BCUT2D eigenvalue weighted by Crippen LogP contribution is 2.34. The lowest BCUT2D eigenvalue weighted by molar-refractivity contribution is -0.155. The lowest BCUT2D eigenvalue weighted by Crippen LogP contribution is -2.52. The summed E-state index contributed by atoms with van der Waals surface area (Å²) >= 11 is 0. The first-order valence-corrected chi connectivity index (χ1v) is 15.9. The fourth-order valence-electron chi connectivity index (χ4n) is 5.87. The Morgan fingerprint density at radius 2 is 1.76 bits per heavy atom. The zero-order valence-corrected chi connectivity index (χ0v) is 28.4. The largest absolute Gasteiger partial charge is 0.494 e. The zero-order chi connectivity index (χ0) is 35.5. The number of carbonyl (C=O) groups excluding carboxylic acids is 3. The molecule has 1 aliphatic heterocycles. The van der Waals surface area contributed by atoms with E-state index in [1.165, 1.54) is 38.7 Å². The minimum atomic E-state index is -1.09. The van der Waals surface area contributed by atoms with Crippen LogP contribution in [0.3, 0.4) is 0 Å². The van der Waals surface area contributed by atoms with E-state index in [4.69, 9.17) is 14.2 Å². The molecule has 2 amide bonds. The number of rotatable bonds is 9. The fourth-order valence-corrected chi connectivity index (χ4v) is 5.87. The number of amides is 2. The number of fused-ring (bicyclic) bond motifs is 1. The van der Waals surface area contributed by atoms with Crippen molar-refractivity contribution in [1.29, 1.82) is 0 Å². The average molecular weight is 679 g/mol. The summed E-state index contributed by atoms with van der Waals surface area (Å²) in [5.41, 5.74) is 0.864. The summed E-state index contributed by atoms with van der Waals surface area (Å²) in [4.78, 5) is 49.3. The number of halogens is 2. The van der Waals surface area contributed by atoms with Crippen molar-refractivity contribution < 1.29 is 37.4 Å². The fraction of sp³-hybridized carbons (Fsp3) is 0.400. The van der Waals surface area contributed by atoms with Crippen molar-refractivity contribution in [2.24, 2.45) is 5.41 Å². The van der Waals surface area contributed by atoms with Crippen molar-refractivity contribution in [3.05, 3.63) is 71.7 Å².